The molecule has 2 aromatic rings. The Morgan fingerprint density at radius 1 is 1.20 bits per heavy atom. The molecular weight excluding hydrogens is 354 g/mol. The molecule has 0 spiro atoms. The minimum atomic E-state index is -3.45. The van der Waals surface area contributed by atoms with E-state index in [-0.39, 0.29) is 0 Å². The van der Waals surface area contributed by atoms with E-state index in [0.717, 1.165) is 29.7 Å². The molecule has 0 aliphatic carbocycles. The molecule has 6 heteroatoms. The molecule has 0 saturated carbocycles. The lowest BCUT2D eigenvalue weighted by molar-refractivity contribution is 0.321. The van der Waals surface area contributed by atoms with Crippen molar-refractivity contribution in [1.82, 2.24) is 4.31 Å². The highest BCUT2D eigenvalue weighted by Gasteiger charge is 2.30. The van der Waals surface area contributed by atoms with Gasteiger partial charge in [-0.1, -0.05) is 6.07 Å². The molecule has 0 atom stereocenters. The van der Waals surface area contributed by atoms with Gasteiger partial charge in [-0.3, -0.25) is 0 Å². The van der Waals surface area contributed by atoms with Gasteiger partial charge in [0.25, 0.3) is 0 Å². The van der Waals surface area contributed by atoms with Gasteiger partial charge < -0.3 is 4.74 Å². The van der Waals surface area contributed by atoms with Crippen LogP contribution in [0.1, 0.15) is 41.7 Å². The Morgan fingerprint density at radius 2 is 1.84 bits per heavy atom. The molecule has 0 N–H and O–H groups in total. The lowest BCUT2D eigenvalue weighted by atomic mass is 9.97. The van der Waals surface area contributed by atoms with Crippen LogP contribution in [0.5, 0.6) is 5.75 Å². The van der Waals surface area contributed by atoms with E-state index in [4.69, 9.17) is 4.74 Å². The van der Waals surface area contributed by atoms with Crippen LogP contribution in [0, 0.1) is 13.8 Å². The fourth-order valence-corrected chi connectivity index (χ4v) is 6.03. The second-order valence-corrected chi connectivity index (χ2v) is 9.43. The number of hydrogen-bond donors (Lipinski definition) is 0. The fraction of sp³-hybridized carbons (Fsp3) is 0.474. The zero-order valence-corrected chi connectivity index (χ0v) is 16.6. The number of sulfonamides is 1. The quantitative estimate of drug-likeness (QED) is 0.777. The Labute approximate surface area is 154 Å². The van der Waals surface area contributed by atoms with Gasteiger partial charge >= 0.3 is 0 Å². The predicted molar refractivity (Wildman–Crippen MR) is 102 cm³/mol. The first-order chi connectivity index (χ1) is 11.9. The number of nitrogens with zero attached hydrogens (tertiary/aromatic N) is 1. The van der Waals surface area contributed by atoms with Crippen LogP contribution in [-0.2, 0) is 10.0 Å². The van der Waals surface area contributed by atoms with Crippen LogP contribution >= 0.6 is 11.3 Å². The number of hydrogen-bond acceptors (Lipinski definition) is 4. The van der Waals surface area contributed by atoms with Crippen molar-refractivity contribution in [2.75, 3.05) is 19.7 Å². The average molecular weight is 380 g/mol. The Balaban J connectivity index is 1.78. The standard InChI is InChI=1S/C19H25NO3S2/c1-4-23-19-14(2)12-17(13-15(19)3)25(21,22)20-9-7-16(8-10-20)18-6-5-11-24-18/h5-6,11-13,16H,4,7-10H2,1-3H3. The van der Waals surface area contributed by atoms with Gasteiger partial charge in [-0.2, -0.15) is 4.31 Å². The summed E-state index contributed by atoms with van der Waals surface area (Å²) in [5.74, 6) is 1.27. The largest absolute Gasteiger partial charge is 0.493 e. The molecule has 1 aromatic heterocycles. The van der Waals surface area contributed by atoms with Crippen LogP contribution < -0.4 is 4.74 Å². The maximum atomic E-state index is 13.0. The lowest BCUT2D eigenvalue weighted by Crippen LogP contribution is -2.37. The topological polar surface area (TPSA) is 46.6 Å². The number of thiophene rings is 1. The summed E-state index contributed by atoms with van der Waals surface area (Å²) < 4.78 is 33.3. The zero-order valence-electron chi connectivity index (χ0n) is 15.0. The minimum Gasteiger partial charge on any atom is -0.493 e. The zero-order chi connectivity index (χ0) is 18.0. The number of aryl methyl sites for hydroxylation is 2. The van der Waals surface area contributed by atoms with Gasteiger partial charge in [0.2, 0.25) is 10.0 Å². The number of rotatable bonds is 5. The highest BCUT2D eigenvalue weighted by atomic mass is 32.2. The highest BCUT2D eigenvalue weighted by molar-refractivity contribution is 7.89. The van der Waals surface area contributed by atoms with Crippen molar-refractivity contribution in [2.24, 2.45) is 0 Å². The SMILES string of the molecule is CCOc1c(C)cc(S(=O)(=O)N2CCC(c3cccs3)CC2)cc1C. The van der Waals surface area contributed by atoms with Crippen molar-refractivity contribution < 1.29 is 13.2 Å². The number of benzene rings is 1. The van der Waals surface area contributed by atoms with Gasteiger partial charge in [0, 0.05) is 18.0 Å². The Kier molecular flexibility index (Phi) is 5.51. The maximum Gasteiger partial charge on any atom is 0.243 e. The summed E-state index contributed by atoms with van der Waals surface area (Å²) in [6.07, 6.45) is 1.77. The Bertz CT molecular complexity index is 797. The molecule has 25 heavy (non-hydrogen) atoms. The summed E-state index contributed by atoms with van der Waals surface area (Å²) in [6.45, 7) is 7.47. The molecule has 0 radical (unpaired) electrons. The van der Waals surface area contributed by atoms with Gasteiger partial charge in [0.1, 0.15) is 5.75 Å². The molecule has 3 rings (SSSR count). The van der Waals surface area contributed by atoms with Crippen molar-refractivity contribution in [3.05, 3.63) is 45.6 Å². The summed E-state index contributed by atoms with van der Waals surface area (Å²) >= 11 is 1.76. The monoisotopic (exact) mass is 379 g/mol. The van der Waals surface area contributed by atoms with Crippen molar-refractivity contribution in [2.45, 2.75) is 44.4 Å². The van der Waals surface area contributed by atoms with E-state index in [1.807, 2.05) is 20.8 Å². The van der Waals surface area contributed by atoms with E-state index in [0.29, 0.717) is 30.5 Å². The Hall–Kier alpha value is -1.37. The molecule has 1 saturated heterocycles. The second-order valence-electron chi connectivity index (χ2n) is 6.51. The third-order valence-electron chi connectivity index (χ3n) is 4.76. The van der Waals surface area contributed by atoms with E-state index in [2.05, 4.69) is 17.5 Å². The third kappa shape index (κ3) is 3.76. The molecule has 0 unspecified atom stereocenters. The summed E-state index contributed by atoms with van der Waals surface area (Å²) in [7, 11) is -3.45. The molecule has 4 nitrogen and oxygen atoms in total. The van der Waals surface area contributed by atoms with Gasteiger partial charge in [-0.25, -0.2) is 8.42 Å². The van der Waals surface area contributed by atoms with Crippen molar-refractivity contribution >= 4 is 21.4 Å². The van der Waals surface area contributed by atoms with Crippen LogP contribution in [0.25, 0.3) is 0 Å². The molecule has 1 aliphatic heterocycles. The van der Waals surface area contributed by atoms with Crippen LogP contribution in [0.4, 0.5) is 0 Å². The molecule has 1 aromatic carbocycles. The summed E-state index contributed by atoms with van der Waals surface area (Å²) in [6, 6.07) is 7.69. The smallest absolute Gasteiger partial charge is 0.243 e. The maximum absolute atomic E-state index is 13.0. The minimum absolute atomic E-state index is 0.375. The fourth-order valence-electron chi connectivity index (χ4n) is 3.48. The van der Waals surface area contributed by atoms with Crippen LogP contribution in [0.15, 0.2) is 34.5 Å². The number of ether oxygens (including phenoxy) is 1. The first kappa shape index (κ1) is 18.4. The Morgan fingerprint density at radius 3 is 2.36 bits per heavy atom. The molecule has 1 fully saturated rings. The molecule has 0 amide bonds. The van der Waals surface area contributed by atoms with Crippen molar-refractivity contribution in [1.29, 1.82) is 0 Å². The normalized spacial score (nSPS) is 16.9. The van der Waals surface area contributed by atoms with Crippen LogP contribution in [-0.4, -0.2) is 32.4 Å². The molecule has 136 valence electrons. The molecule has 0 bridgehead atoms. The summed E-state index contributed by atoms with van der Waals surface area (Å²) in [5.41, 5.74) is 1.74. The van der Waals surface area contributed by atoms with E-state index in [1.165, 1.54) is 4.88 Å². The number of piperidine rings is 1. The van der Waals surface area contributed by atoms with Gasteiger partial charge in [0.15, 0.2) is 0 Å². The average Bonchev–Trinajstić information content (AvgIpc) is 3.12. The molecule has 2 heterocycles. The van der Waals surface area contributed by atoms with Gasteiger partial charge in [0.05, 0.1) is 11.5 Å². The van der Waals surface area contributed by atoms with E-state index >= 15 is 0 Å². The molecular formula is C19H25NO3S2. The second kappa shape index (κ2) is 7.48. The van der Waals surface area contributed by atoms with Gasteiger partial charge in [-0.05, 0) is 74.2 Å². The summed E-state index contributed by atoms with van der Waals surface area (Å²) in [5, 5.41) is 2.09. The van der Waals surface area contributed by atoms with Gasteiger partial charge in [-0.15, -0.1) is 11.3 Å². The lowest BCUT2D eigenvalue weighted by Gasteiger charge is -2.31. The first-order valence-electron chi connectivity index (χ1n) is 8.71. The van der Waals surface area contributed by atoms with E-state index in [1.54, 1.807) is 27.8 Å². The third-order valence-corrected chi connectivity index (χ3v) is 7.67. The van der Waals surface area contributed by atoms with E-state index in [9.17, 15) is 8.42 Å². The van der Waals surface area contributed by atoms with Crippen molar-refractivity contribution in [3.8, 4) is 5.75 Å². The first-order valence-corrected chi connectivity index (χ1v) is 11.0. The predicted octanol–water partition coefficient (Wildman–Crippen LogP) is 4.33. The highest BCUT2D eigenvalue weighted by Crippen LogP contribution is 2.34. The van der Waals surface area contributed by atoms with E-state index < -0.39 is 10.0 Å². The van der Waals surface area contributed by atoms with Crippen LogP contribution in [0.2, 0.25) is 0 Å². The molecule has 1 aliphatic rings. The van der Waals surface area contributed by atoms with Crippen molar-refractivity contribution in [3.63, 3.8) is 0 Å². The van der Waals surface area contributed by atoms with Crippen LogP contribution in [0.3, 0.4) is 0 Å². The summed E-state index contributed by atoms with van der Waals surface area (Å²) in [4.78, 5) is 1.74.